The zero-order chi connectivity index (χ0) is 15.7. The third-order valence-electron chi connectivity index (χ3n) is 3.81. The van der Waals surface area contributed by atoms with Crippen molar-refractivity contribution in [1.29, 1.82) is 0 Å². The number of aliphatic hydroxyl groups is 1. The van der Waals surface area contributed by atoms with Gasteiger partial charge in [0.25, 0.3) is 0 Å². The second-order valence-corrected chi connectivity index (χ2v) is 8.05. The van der Waals surface area contributed by atoms with E-state index in [1.165, 1.54) is 4.31 Å². The number of β-amino-alcohol motifs (C(OH)–C–C–N with tert-alkyl or cyclic N) is 1. The summed E-state index contributed by atoms with van der Waals surface area (Å²) in [5, 5.41) is 18.9. The molecule has 1 saturated heterocycles. The first-order valence-electron chi connectivity index (χ1n) is 7.41. The average molecular weight is 316 g/mol. The van der Waals surface area contributed by atoms with Crippen molar-refractivity contribution in [3.8, 4) is 0 Å². The van der Waals surface area contributed by atoms with E-state index in [4.69, 9.17) is 0 Å². The molecule has 0 spiro atoms. The molecular weight excluding hydrogens is 292 g/mol. The van der Waals surface area contributed by atoms with Crippen molar-refractivity contribution in [3.63, 3.8) is 0 Å². The molecule has 8 heteroatoms. The lowest BCUT2D eigenvalue weighted by atomic mass is 9.91. The Labute approximate surface area is 126 Å². The molecule has 21 heavy (non-hydrogen) atoms. The summed E-state index contributed by atoms with van der Waals surface area (Å²) in [5.74, 6) is 0.113. The molecular formula is C13H24N4O3S. The molecule has 1 aliphatic heterocycles. The molecule has 0 aliphatic carbocycles. The highest BCUT2D eigenvalue weighted by atomic mass is 32.2. The van der Waals surface area contributed by atoms with Crippen molar-refractivity contribution in [2.45, 2.75) is 51.7 Å². The second kappa shape index (κ2) is 6.02. The Balaban J connectivity index is 2.22. The first-order valence-corrected chi connectivity index (χ1v) is 9.02. The van der Waals surface area contributed by atoms with Crippen LogP contribution in [-0.2, 0) is 15.6 Å². The van der Waals surface area contributed by atoms with Crippen molar-refractivity contribution in [2.24, 2.45) is 0 Å². The van der Waals surface area contributed by atoms with Crippen LogP contribution < -0.4 is 0 Å². The number of aromatic nitrogens is 3. The quantitative estimate of drug-likeness (QED) is 0.871. The number of hydrogen-bond acceptors (Lipinski definition) is 5. The first-order chi connectivity index (χ1) is 9.78. The van der Waals surface area contributed by atoms with Crippen LogP contribution in [0.2, 0.25) is 0 Å². The van der Waals surface area contributed by atoms with Gasteiger partial charge in [0.2, 0.25) is 10.0 Å². The van der Waals surface area contributed by atoms with Gasteiger partial charge in [-0.05, 0) is 33.1 Å². The lowest BCUT2D eigenvalue weighted by Crippen LogP contribution is -2.49. The summed E-state index contributed by atoms with van der Waals surface area (Å²) in [4.78, 5) is 0. The Morgan fingerprint density at radius 1 is 1.48 bits per heavy atom. The van der Waals surface area contributed by atoms with Crippen molar-refractivity contribution >= 4 is 10.0 Å². The van der Waals surface area contributed by atoms with Gasteiger partial charge in [0.05, 0.1) is 11.9 Å². The van der Waals surface area contributed by atoms with Gasteiger partial charge in [-0.2, -0.15) is 4.31 Å². The molecule has 0 bridgehead atoms. The van der Waals surface area contributed by atoms with Crippen LogP contribution in [0.5, 0.6) is 0 Å². The maximum Gasteiger partial charge on any atom is 0.214 e. The van der Waals surface area contributed by atoms with Crippen LogP contribution in [-0.4, -0.2) is 51.7 Å². The van der Waals surface area contributed by atoms with Gasteiger partial charge in [0.15, 0.2) is 0 Å². The summed E-state index contributed by atoms with van der Waals surface area (Å²) in [5.41, 5.74) is -0.792. The predicted molar refractivity (Wildman–Crippen MR) is 79.2 cm³/mol. The van der Waals surface area contributed by atoms with Gasteiger partial charge < -0.3 is 5.11 Å². The fourth-order valence-corrected chi connectivity index (χ4v) is 4.17. The first kappa shape index (κ1) is 16.4. The number of piperidine rings is 1. The summed E-state index contributed by atoms with van der Waals surface area (Å²) in [6.07, 6.45) is 3.40. The monoisotopic (exact) mass is 316 g/mol. The lowest BCUT2D eigenvalue weighted by Gasteiger charge is -2.37. The minimum atomic E-state index is -3.30. The maximum absolute atomic E-state index is 12.2. The van der Waals surface area contributed by atoms with Crippen molar-refractivity contribution in [1.82, 2.24) is 19.3 Å². The molecule has 1 aromatic heterocycles. The molecule has 0 aromatic carbocycles. The number of rotatable bonds is 5. The normalized spacial score (nSPS) is 24.6. The molecule has 1 aliphatic rings. The van der Waals surface area contributed by atoms with Gasteiger partial charge in [-0.1, -0.05) is 12.1 Å². The van der Waals surface area contributed by atoms with E-state index in [2.05, 4.69) is 10.3 Å². The van der Waals surface area contributed by atoms with Crippen molar-refractivity contribution < 1.29 is 13.5 Å². The third-order valence-corrected chi connectivity index (χ3v) is 5.83. The summed E-state index contributed by atoms with van der Waals surface area (Å²) >= 11 is 0. The number of sulfonamides is 1. The Bertz CT molecular complexity index is 584. The van der Waals surface area contributed by atoms with E-state index in [1.54, 1.807) is 10.9 Å². The van der Waals surface area contributed by atoms with E-state index in [0.717, 1.165) is 0 Å². The van der Waals surface area contributed by atoms with Crippen molar-refractivity contribution in [3.05, 3.63) is 11.9 Å². The zero-order valence-corrected chi connectivity index (χ0v) is 13.7. The molecule has 2 heterocycles. The minimum absolute atomic E-state index is 0.0616. The van der Waals surface area contributed by atoms with Gasteiger partial charge in [0, 0.05) is 19.1 Å². The number of nitrogens with zero attached hydrogens (tertiary/aromatic N) is 4. The van der Waals surface area contributed by atoms with Crippen LogP contribution in [0.4, 0.5) is 0 Å². The SMILES string of the molecule is CCCS(=O)(=O)N1CCC[C@@](O)(c2cn(C(C)C)nn2)C1. The van der Waals surface area contributed by atoms with E-state index < -0.39 is 15.6 Å². The largest absolute Gasteiger partial charge is 0.382 e. The predicted octanol–water partition coefficient (Wildman–Crippen LogP) is 0.882. The van der Waals surface area contributed by atoms with Gasteiger partial charge in [-0.25, -0.2) is 13.1 Å². The van der Waals surface area contributed by atoms with Crippen LogP contribution in [0.3, 0.4) is 0 Å². The van der Waals surface area contributed by atoms with E-state index >= 15 is 0 Å². The summed E-state index contributed by atoms with van der Waals surface area (Å²) in [6, 6.07) is 0.151. The van der Waals surface area contributed by atoms with E-state index in [-0.39, 0.29) is 18.3 Å². The van der Waals surface area contributed by atoms with E-state index in [1.807, 2.05) is 20.8 Å². The smallest absolute Gasteiger partial charge is 0.214 e. The fraction of sp³-hybridized carbons (Fsp3) is 0.846. The average Bonchev–Trinajstić information content (AvgIpc) is 2.89. The maximum atomic E-state index is 12.2. The topological polar surface area (TPSA) is 88.3 Å². The van der Waals surface area contributed by atoms with Crippen LogP contribution in [0.1, 0.15) is 51.8 Å². The molecule has 0 unspecified atom stereocenters. The highest BCUT2D eigenvalue weighted by molar-refractivity contribution is 7.89. The fourth-order valence-electron chi connectivity index (χ4n) is 2.57. The molecule has 0 saturated carbocycles. The molecule has 7 nitrogen and oxygen atoms in total. The molecule has 0 amide bonds. The van der Waals surface area contributed by atoms with Crippen molar-refractivity contribution in [2.75, 3.05) is 18.8 Å². The summed E-state index contributed by atoms with van der Waals surface area (Å²) < 4.78 is 27.4. The minimum Gasteiger partial charge on any atom is -0.382 e. The molecule has 2 rings (SSSR count). The van der Waals surface area contributed by atoms with E-state index in [0.29, 0.717) is 31.5 Å². The van der Waals surface area contributed by atoms with Gasteiger partial charge in [0.1, 0.15) is 11.3 Å². The van der Waals surface area contributed by atoms with Crippen LogP contribution in [0.25, 0.3) is 0 Å². The van der Waals surface area contributed by atoms with Crippen LogP contribution >= 0.6 is 0 Å². The lowest BCUT2D eigenvalue weighted by molar-refractivity contribution is -0.0161. The molecule has 1 atom stereocenters. The highest BCUT2D eigenvalue weighted by Crippen LogP contribution is 2.31. The second-order valence-electron chi connectivity index (χ2n) is 5.96. The molecule has 120 valence electrons. The molecule has 0 radical (unpaired) electrons. The third kappa shape index (κ3) is 3.44. The zero-order valence-electron chi connectivity index (χ0n) is 12.9. The Hall–Kier alpha value is -0.990. The van der Waals surface area contributed by atoms with Crippen LogP contribution in [0, 0.1) is 0 Å². The van der Waals surface area contributed by atoms with Gasteiger partial charge in [-0.3, -0.25) is 0 Å². The molecule has 1 N–H and O–H groups in total. The number of hydrogen-bond donors (Lipinski definition) is 1. The van der Waals surface area contributed by atoms with Crippen LogP contribution in [0.15, 0.2) is 6.20 Å². The highest BCUT2D eigenvalue weighted by Gasteiger charge is 2.41. The molecule has 1 aromatic rings. The van der Waals surface area contributed by atoms with Gasteiger partial charge >= 0.3 is 0 Å². The summed E-state index contributed by atoms with van der Waals surface area (Å²) in [7, 11) is -3.30. The standard InChI is InChI=1S/C13H24N4O3S/c1-4-8-21(19,20)16-7-5-6-13(18,10-16)12-9-17(11(2)3)15-14-12/h9,11,18H,4-8,10H2,1-3H3/t13-/m0/s1. The Morgan fingerprint density at radius 3 is 2.76 bits per heavy atom. The Morgan fingerprint density at radius 2 is 2.19 bits per heavy atom. The van der Waals surface area contributed by atoms with Gasteiger partial charge in [-0.15, -0.1) is 5.10 Å². The summed E-state index contributed by atoms with van der Waals surface area (Å²) in [6.45, 7) is 6.31. The molecule has 1 fully saturated rings. The van der Waals surface area contributed by atoms with E-state index in [9.17, 15) is 13.5 Å². The Kier molecular flexibility index (Phi) is 4.69.